The van der Waals surface area contributed by atoms with Crippen LogP contribution >= 0.6 is 0 Å². The smallest absolute Gasteiger partial charge is 0.338 e. The van der Waals surface area contributed by atoms with Crippen molar-refractivity contribution in [3.05, 3.63) is 69.8 Å². The van der Waals surface area contributed by atoms with Gasteiger partial charge in [-0.25, -0.2) is 4.79 Å². The number of nitrogens with one attached hydrogen (secondary N) is 3. The van der Waals surface area contributed by atoms with Gasteiger partial charge >= 0.3 is 5.97 Å². The monoisotopic (exact) mass is 1100 g/mol. The number of ether oxygens (including phenoxy) is 4. The molecule has 3 aliphatic heterocycles. The molecule has 450 valence electrons. The Kier molecular flexibility index (Phi) is 33.9. The van der Waals surface area contributed by atoms with E-state index in [-0.39, 0.29) is 68.1 Å². The van der Waals surface area contributed by atoms with Gasteiger partial charge < -0.3 is 34.9 Å². The Morgan fingerprint density at radius 2 is 1.06 bits per heavy atom. The lowest BCUT2D eigenvalue weighted by molar-refractivity contribution is 0.0398. The van der Waals surface area contributed by atoms with Crippen molar-refractivity contribution in [3.8, 4) is 0 Å². The molecule has 12 nitrogen and oxygen atoms in total. The molecule has 5 rings (SSSR count). The summed E-state index contributed by atoms with van der Waals surface area (Å²) in [6.45, 7) is 55.3. The molecule has 5 unspecified atom stereocenters. The fourth-order valence-corrected chi connectivity index (χ4v) is 10.5. The zero-order valence-corrected chi connectivity index (χ0v) is 54.7. The average molecular weight is 1100 g/mol. The third-order valence-corrected chi connectivity index (χ3v) is 14.7. The van der Waals surface area contributed by atoms with E-state index in [9.17, 15) is 24.0 Å². The van der Waals surface area contributed by atoms with E-state index >= 15 is 0 Å². The van der Waals surface area contributed by atoms with E-state index in [1.165, 1.54) is 62.1 Å². The van der Waals surface area contributed by atoms with Crippen LogP contribution in [0, 0.1) is 40.4 Å². The maximum Gasteiger partial charge on any atom is 0.338 e. The maximum atomic E-state index is 12.9. The highest BCUT2D eigenvalue weighted by Gasteiger charge is 2.45. The van der Waals surface area contributed by atoms with Crippen LogP contribution in [0.2, 0.25) is 0 Å². The lowest BCUT2D eigenvalue weighted by Gasteiger charge is -2.35. The number of rotatable bonds is 16. The Hall–Kier alpha value is -3.65. The third-order valence-electron chi connectivity index (χ3n) is 14.7. The number of benzene rings is 2. The van der Waals surface area contributed by atoms with Crippen LogP contribution in [-0.2, 0) is 18.9 Å². The van der Waals surface area contributed by atoms with Crippen molar-refractivity contribution in [3.63, 3.8) is 0 Å². The molecule has 0 bridgehead atoms. The second-order valence-corrected chi connectivity index (χ2v) is 27.0. The van der Waals surface area contributed by atoms with E-state index in [0.29, 0.717) is 59.0 Å². The van der Waals surface area contributed by atoms with Crippen molar-refractivity contribution in [1.82, 2.24) is 16.0 Å². The predicted octanol–water partition coefficient (Wildman–Crippen LogP) is 14.7. The molecule has 5 atom stereocenters. The molecule has 2 aromatic carbocycles. The quantitative estimate of drug-likeness (QED) is 0.0831. The maximum absolute atomic E-state index is 12.9. The Morgan fingerprint density at radius 1 is 0.628 bits per heavy atom. The fourth-order valence-electron chi connectivity index (χ4n) is 10.5. The van der Waals surface area contributed by atoms with Crippen molar-refractivity contribution in [2.24, 2.45) is 40.4 Å². The van der Waals surface area contributed by atoms with Crippen LogP contribution in [0.15, 0.2) is 36.4 Å². The lowest BCUT2D eigenvalue weighted by atomic mass is 9.72. The van der Waals surface area contributed by atoms with Gasteiger partial charge in [-0.2, -0.15) is 0 Å². The summed E-state index contributed by atoms with van der Waals surface area (Å²) in [5, 5.41) is 10.7. The van der Waals surface area contributed by atoms with Gasteiger partial charge in [0.05, 0.1) is 25.4 Å². The number of esters is 1. The van der Waals surface area contributed by atoms with Crippen LogP contribution in [0.25, 0.3) is 0 Å². The zero-order valence-electron chi connectivity index (χ0n) is 54.7. The van der Waals surface area contributed by atoms with E-state index in [1.807, 2.05) is 27.7 Å². The van der Waals surface area contributed by atoms with Crippen molar-refractivity contribution < 1.29 is 42.9 Å². The van der Waals surface area contributed by atoms with Gasteiger partial charge in [0.2, 0.25) is 0 Å². The van der Waals surface area contributed by atoms with Crippen LogP contribution in [0.3, 0.4) is 0 Å². The second kappa shape index (κ2) is 34.6. The normalized spacial score (nSPS) is 21.2. The molecular formula is C66H117N3O9. The van der Waals surface area contributed by atoms with Gasteiger partial charge in [-0.3, -0.25) is 19.2 Å². The molecule has 3 aliphatic rings. The number of methoxy groups -OCH3 is 3. The second-order valence-electron chi connectivity index (χ2n) is 27.0. The van der Waals surface area contributed by atoms with Gasteiger partial charge in [-0.15, -0.1) is 0 Å². The first-order valence-electron chi connectivity index (χ1n) is 29.1. The number of hydrogen-bond acceptors (Lipinski definition) is 12. The highest BCUT2D eigenvalue weighted by atomic mass is 16.5. The van der Waals surface area contributed by atoms with Crippen molar-refractivity contribution in [1.29, 1.82) is 0 Å². The standard InChI is InChI=1S/C26H27NO6.C12H26O.C10H21NO.C9H19NO.C5H12.2C2H6/c1-25(2)11-21(26(3,4)27-25)15-33-24(32)22-8-7-17(10-20(22)14-30)23(31)16-5-6-18(12-28)19(9-16)13-29;1-11(2,3)8-10(9-13-7)12(4,5)6;1-9(2)6-8(7-12-5)10(3,4)11-9;1-7-8(6-11-4)5-9(2,3)10-7;1-4-5(2)3;2*1-2/h5-10,12-14,21,27H,11,15H2,1-4H3;10H,8-9H2,1-7H3;8,11H,6-7H2,1-5H3;7-8,10H,5-6H2,1-4H3;5H,4H2,1-3H3;2*1-2H3. The Morgan fingerprint density at radius 3 is 1.41 bits per heavy atom. The molecule has 0 amide bonds. The summed E-state index contributed by atoms with van der Waals surface area (Å²) in [5.74, 6) is 1.90. The minimum Gasteiger partial charge on any atom is -0.462 e. The van der Waals surface area contributed by atoms with Crippen LogP contribution in [-0.4, -0.2) is 112 Å². The number of hydrogen-bond donors (Lipinski definition) is 3. The Balaban J connectivity index is 0. The molecule has 3 heterocycles. The summed E-state index contributed by atoms with van der Waals surface area (Å²) in [4.78, 5) is 59.4. The van der Waals surface area contributed by atoms with Crippen LogP contribution in [0.1, 0.15) is 256 Å². The largest absolute Gasteiger partial charge is 0.462 e. The summed E-state index contributed by atoms with van der Waals surface area (Å²) in [6, 6.07) is 8.89. The van der Waals surface area contributed by atoms with E-state index in [2.05, 4.69) is 154 Å². The van der Waals surface area contributed by atoms with Gasteiger partial charge in [0.25, 0.3) is 0 Å². The molecule has 3 N–H and O–H groups in total. The van der Waals surface area contributed by atoms with Crippen LogP contribution in [0.4, 0.5) is 0 Å². The summed E-state index contributed by atoms with van der Waals surface area (Å²) in [5.41, 5.74) is 2.04. The van der Waals surface area contributed by atoms with Crippen molar-refractivity contribution in [2.75, 3.05) is 47.8 Å². The van der Waals surface area contributed by atoms with Gasteiger partial charge in [0, 0.05) is 101 Å². The number of ketones is 1. The third kappa shape index (κ3) is 27.7. The number of carbonyl (C=O) groups excluding carboxylic acids is 5. The van der Waals surface area contributed by atoms with Crippen molar-refractivity contribution in [2.45, 2.75) is 232 Å². The average Bonchev–Trinajstić information content (AvgIpc) is 3.84. The number of aldehydes is 3. The zero-order chi connectivity index (χ0) is 61.3. The minimum atomic E-state index is -0.629. The van der Waals surface area contributed by atoms with E-state index < -0.39 is 11.8 Å². The molecule has 3 fully saturated rings. The van der Waals surface area contributed by atoms with Gasteiger partial charge in [0.1, 0.15) is 0 Å². The Labute approximate surface area is 477 Å². The molecule has 0 spiro atoms. The summed E-state index contributed by atoms with van der Waals surface area (Å²) in [7, 11) is 5.35. The molecule has 0 radical (unpaired) electrons. The molecule has 0 saturated carbocycles. The Bertz CT molecular complexity index is 2080. The summed E-state index contributed by atoms with van der Waals surface area (Å²) < 4.78 is 21.2. The van der Waals surface area contributed by atoms with Gasteiger partial charge in [-0.1, -0.05) is 115 Å². The molecule has 0 aliphatic carbocycles. The first kappa shape index (κ1) is 76.4. The fraction of sp³-hybridized carbons (Fsp3) is 0.742. The van der Waals surface area contributed by atoms with Gasteiger partial charge in [-0.05, 0) is 149 Å². The van der Waals surface area contributed by atoms with E-state index in [1.54, 1.807) is 21.3 Å². The van der Waals surface area contributed by atoms with E-state index in [0.717, 1.165) is 32.2 Å². The van der Waals surface area contributed by atoms with Crippen molar-refractivity contribution >= 4 is 30.6 Å². The molecular weight excluding hydrogens is 979 g/mol. The molecule has 12 heteroatoms. The lowest BCUT2D eigenvalue weighted by Crippen LogP contribution is -2.45. The van der Waals surface area contributed by atoms with Crippen LogP contribution < -0.4 is 16.0 Å². The predicted molar refractivity (Wildman–Crippen MR) is 327 cm³/mol. The first-order valence-corrected chi connectivity index (χ1v) is 29.1. The summed E-state index contributed by atoms with van der Waals surface area (Å²) >= 11 is 0. The van der Waals surface area contributed by atoms with Gasteiger partial charge in [0.15, 0.2) is 24.6 Å². The molecule has 0 aromatic heterocycles. The molecule has 78 heavy (non-hydrogen) atoms. The SMILES string of the molecule is CC.CC.CC1(C)CC(COC(=O)c2ccc(C(=O)c3ccc(C=O)c(C=O)c3)cc2C=O)C(C)(C)N1.CCC(C)C.COCC(CC(C)(C)C)C(C)(C)C.COCC1CC(C)(C)NC1(C)C.COCC1CC(C)(C)NC1C. The minimum absolute atomic E-state index is 0.0371. The topological polar surface area (TPSA) is 158 Å². The summed E-state index contributed by atoms with van der Waals surface area (Å²) in [6.07, 6.45) is 7.34. The van der Waals surface area contributed by atoms with E-state index in [4.69, 9.17) is 18.9 Å². The van der Waals surface area contributed by atoms with Crippen LogP contribution in [0.5, 0.6) is 0 Å². The highest BCUT2D eigenvalue weighted by molar-refractivity contribution is 6.11. The highest BCUT2D eigenvalue weighted by Crippen LogP contribution is 2.38. The molecule has 2 aromatic rings. The molecule has 3 saturated heterocycles. The first-order chi connectivity index (χ1) is 35.9. The number of carbonyl (C=O) groups is 5.